The van der Waals surface area contributed by atoms with E-state index >= 15 is 0 Å². The monoisotopic (exact) mass is 277 g/mol. The Hall–Kier alpha value is -0.870. The zero-order valence-electron chi connectivity index (χ0n) is 12.6. The fourth-order valence-corrected chi connectivity index (χ4v) is 3.77. The molecule has 3 rings (SSSR count). The molecule has 2 saturated heterocycles. The summed E-state index contributed by atoms with van der Waals surface area (Å²) < 4.78 is 7.61. The Morgan fingerprint density at radius 2 is 2.15 bits per heavy atom. The maximum Gasteiger partial charge on any atom is 0.0489 e. The van der Waals surface area contributed by atoms with Gasteiger partial charge >= 0.3 is 0 Å². The molecule has 0 bridgehead atoms. The Balaban J connectivity index is 1.53. The molecule has 0 saturated carbocycles. The van der Waals surface area contributed by atoms with Crippen LogP contribution in [0.4, 0.5) is 0 Å². The van der Waals surface area contributed by atoms with Gasteiger partial charge in [0.25, 0.3) is 0 Å². The first kappa shape index (κ1) is 14.1. The normalized spacial score (nSPS) is 24.9. The number of aromatic nitrogens is 2. The smallest absolute Gasteiger partial charge is 0.0489 e. The third-order valence-electron chi connectivity index (χ3n) is 5.20. The van der Waals surface area contributed by atoms with Gasteiger partial charge < -0.3 is 9.64 Å². The van der Waals surface area contributed by atoms with Crippen LogP contribution in [0.2, 0.25) is 0 Å². The lowest BCUT2D eigenvalue weighted by Gasteiger charge is -2.47. The van der Waals surface area contributed by atoms with Crippen molar-refractivity contribution >= 4 is 0 Å². The van der Waals surface area contributed by atoms with Crippen LogP contribution in [-0.4, -0.2) is 47.0 Å². The Labute approximate surface area is 122 Å². The summed E-state index contributed by atoms with van der Waals surface area (Å²) in [6, 6.07) is 2.65. The minimum Gasteiger partial charge on any atom is -0.381 e. The number of rotatable bonds is 4. The summed E-state index contributed by atoms with van der Waals surface area (Å²) in [6.45, 7) is 7.88. The van der Waals surface area contributed by atoms with Crippen molar-refractivity contribution in [3.63, 3.8) is 0 Å². The molecule has 1 spiro atoms. The standard InChI is InChI=1S/C16H27N3O/c1-15(4-11-19-10-3-8-17-19)18-9-2-5-16(14-18)6-12-20-13-7-16/h3,8,10,15H,2,4-7,9,11-14H2,1H3. The van der Waals surface area contributed by atoms with Crippen LogP contribution in [-0.2, 0) is 11.3 Å². The average molecular weight is 277 g/mol. The zero-order chi connectivity index (χ0) is 13.8. The summed E-state index contributed by atoms with van der Waals surface area (Å²) in [7, 11) is 0. The lowest BCUT2D eigenvalue weighted by Crippen LogP contribution is -2.49. The maximum atomic E-state index is 5.56. The van der Waals surface area contributed by atoms with E-state index in [-0.39, 0.29) is 0 Å². The van der Waals surface area contributed by atoms with Crippen molar-refractivity contribution in [1.82, 2.24) is 14.7 Å². The van der Waals surface area contributed by atoms with Crippen LogP contribution in [0.15, 0.2) is 18.5 Å². The predicted molar refractivity (Wildman–Crippen MR) is 79.6 cm³/mol. The van der Waals surface area contributed by atoms with Gasteiger partial charge in [-0.15, -0.1) is 0 Å². The van der Waals surface area contributed by atoms with Crippen LogP contribution in [0.3, 0.4) is 0 Å². The molecule has 112 valence electrons. The van der Waals surface area contributed by atoms with Crippen molar-refractivity contribution in [3.8, 4) is 0 Å². The van der Waals surface area contributed by atoms with Crippen LogP contribution in [0.25, 0.3) is 0 Å². The van der Waals surface area contributed by atoms with Crippen LogP contribution >= 0.6 is 0 Å². The quantitative estimate of drug-likeness (QED) is 0.847. The molecule has 1 atom stereocenters. The molecule has 0 N–H and O–H groups in total. The van der Waals surface area contributed by atoms with Gasteiger partial charge in [0.05, 0.1) is 0 Å². The van der Waals surface area contributed by atoms with Gasteiger partial charge in [-0.25, -0.2) is 0 Å². The summed E-state index contributed by atoms with van der Waals surface area (Å²) in [5, 5.41) is 4.30. The fourth-order valence-electron chi connectivity index (χ4n) is 3.77. The Morgan fingerprint density at radius 1 is 1.30 bits per heavy atom. The Kier molecular flexibility index (Phi) is 4.41. The van der Waals surface area contributed by atoms with E-state index in [0.717, 1.165) is 19.8 Å². The van der Waals surface area contributed by atoms with Gasteiger partial charge in [0, 0.05) is 44.7 Å². The van der Waals surface area contributed by atoms with Gasteiger partial charge in [-0.05, 0) is 57.1 Å². The van der Waals surface area contributed by atoms with Crippen molar-refractivity contribution < 1.29 is 4.74 Å². The van der Waals surface area contributed by atoms with Crippen molar-refractivity contribution in [2.24, 2.45) is 5.41 Å². The molecule has 20 heavy (non-hydrogen) atoms. The van der Waals surface area contributed by atoms with Crippen molar-refractivity contribution in [2.45, 2.75) is 51.6 Å². The van der Waals surface area contributed by atoms with Gasteiger partial charge in [-0.2, -0.15) is 5.10 Å². The summed E-state index contributed by atoms with van der Waals surface area (Å²) >= 11 is 0. The number of piperidine rings is 1. The van der Waals surface area contributed by atoms with E-state index in [1.165, 1.54) is 45.2 Å². The molecule has 0 radical (unpaired) electrons. The highest BCUT2D eigenvalue weighted by Gasteiger charge is 2.37. The first-order valence-corrected chi connectivity index (χ1v) is 8.07. The molecule has 2 aliphatic rings. The summed E-state index contributed by atoms with van der Waals surface area (Å²) in [5.41, 5.74) is 0.552. The molecule has 1 aromatic rings. The van der Waals surface area contributed by atoms with Gasteiger partial charge in [0.2, 0.25) is 0 Å². The Bertz CT molecular complexity index is 392. The molecule has 0 aliphatic carbocycles. The van der Waals surface area contributed by atoms with Gasteiger partial charge in [0.1, 0.15) is 0 Å². The molecule has 0 aromatic carbocycles. The highest BCUT2D eigenvalue weighted by atomic mass is 16.5. The molecule has 2 aliphatic heterocycles. The summed E-state index contributed by atoms with van der Waals surface area (Å²) in [5.74, 6) is 0. The number of likely N-dealkylation sites (tertiary alicyclic amines) is 1. The second-order valence-electron chi connectivity index (χ2n) is 6.59. The molecular formula is C16H27N3O. The predicted octanol–water partition coefficient (Wildman–Crippen LogP) is 2.55. The molecule has 2 fully saturated rings. The third-order valence-corrected chi connectivity index (χ3v) is 5.20. The first-order chi connectivity index (χ1) is 9.77. The van der Waals surface area contributed by atoms with Crippen LogP contribution < -0.4 is 0 Å². The second kappa shape index (κ2) is 6.27. The molecule has 1 aromatic heterocycles. The van der Waals surface area contributed by atoms with E-state index in [4.69, 9.17) is 4.74 Å². The summed E-state index contributed by atoms with van der Waals surface area (Å²) in [6.07, 6.45) is 10.4. The maximum absolute atomic E-state index is 5.56. The van der Waals surface area contributed by atoms with E-state index in [9.17, 15) is 0 Å². The first-order valence-electron chi connectivity index (χ1n) is 8.07. The topological polar surface area (TPSA) is 30.3 Å². The van der Waals surface area contributed by atoms with E-state index in [2.05, 4.69) is 23.1 Å². The van der Waals surface area contributed by atoms with E-state index < -0.39 is 0 Å². The largest absolute Gasteiger partial charge is 0.381 e. The molecular weight excluding hydrogens is 250 g/mol. The third kappa shape index (κ3) is 3.23. The highest BCUT2D eigenvalue weighted by Crippen LogP contribution is 2.39. The zero-order valence-corrected chi connectivity index (χ0v) is 12.6. The fraction of sp³-hybridized carbons (Fsp3) is 0.812. The van der Waals surface area contributed by atoms with E-state index in [0.29, 0.717) is 11.5 Å². The number of hydrogen-bond acceptors (Lipinski definition) is 3. The Morgan fingerprint density at radius 3 is 2.90 bits per heavy atom. The molecule has 3 heterocycles. The van der Waals surface area contributed by atoms with E-state index in [1.807, 2.05) is 16.9 Å². The van der Waals surface area contributed by atoms with E-state index in [1.54, 1.807) is 0 Å². The number of aryl methyl sites for hydroxylation is 1. The summed E-state index contributed by atoms with van der Waals surface area (Å²) in [4.78, 5) is 2.71. The second-order valence-corrected chi connectivity index (χ2v) is 6.59. The molecule has 1 unspecified atom stereocenters. The number of hydrogen-bond donors (Lipinski definition) is 0. The van der Waals surface area contributed by atoms with Gasteiger partial charge in [-0.3, -0.25) is 4.68 Å². The minimum atomic E-state index is 0.552. The molecule has 0 amide bonds. The van der Waals surface area contributed by atoms with Crippen molar-refractivity contribution in [2.75, 3.05) is 26.3 Å². The van der Waals surface area contributed by atoms with Gasteiger partial charge in [0.15, 0.2) is 0 Å². The SMILES string of the molecule is CC(CCn1cccn1)N1CCCC2(CCOCC2)C1. The lowest BCUT2D eigenvalue weighted by atomic mass is 9.73. The molecule has 4 nitrogen and oxygen atoms in total. The van der Waals surface area contributed by atoms with Crippen LogP contribution in [0.1, 0.15) is 39.0 Å². The average Bonchev–Trinajstić information content (AvgIpc) is 2.99. The van der Waals surface area contributed by atoms with Crippen molar-refractivity contribution in [1.29, 1.82) is 0 Å². The van der Waals surface area contributed by atoms with Gasteiger partial charge in [-0.1, -0.05) is 0 Å². The lowest BCUT2D eigenvalue weighted by molar-refractivity contribution is -0.0367. The number of ether oxygens (including phenoxy) is 1. The van der Waals surface area contributed by atoms with Crippen molar-refractivity contribution in [3.05, 3.63) is 18.5 Å². The number of nitrogens with zero attached hydrogens (tertiary/aromatic N) is 3. The minimum absolute atomic E-state index is 0.552. The van der Waals surface area contributed by atoms with Crippen LogP contribution in [0, 0.1) is 5.41 Å². The van der Waals surface area contributed by atoms with Crippen LogP contribution in [0.5, 0.6) is 0 Å². The molecule has 4 heteroatoms. The highest BCUT2D eigenvalue weighted by molar-refractivity contribution is 4.90.